The van der Waals surface area contributed by atoms with Crippen LogP contribution in [0.25, 0.3) is 0 Å². The highest BCUT2D eigenvalue weighted by Gasteiger charge is 2.03. The molecule has 0 aromatic heterocycles. The topological polar surface area (TPSA) is 32.6 Å². The van der Waals surface area contributed by atoms with Crippen molar-refractivity contribution >= 4 is 6.21 Å². The van der Waals surface area contributed by atoms with Gasteiger partial charge in [0, 0.05) is 0 Å². The Labute approximate surface area is 99.0 Å². The summed E-state index contributed by atoms with van der Waals surface area (Å²) in [6.07, 6.45) is 3.64. The van der Waals surface area contributed by atoms with Crippen LogP contribution in [0, 0.1) is 0 Å². The third-order valence-corrected chi connectivity index (χ3v) is 2.18. The van der Waals surface area contributed by atoms with E-state index in [9.17, 15) is 0 Å². The average molecular weight is 221 g/mol. The van der Waals surface area contributed by atoms with E-state index in [1.54, 1.807) is 6.21 Å². The van der Waals surface area contributed by atoms with Crippen LogP contribution in [-0.4, -0.2) is 24.0 Å². The van der Waals surface area contributed by atoms with Crippen LogP contribution in [-0.2, 0) is 6.42 Å². The summed E-state index contributed by atoms with van der Waals surface area (Å²) < 4.78 is 0. The molecule has 0 aliphatic heterocycles. The van der Waals surface area contributed by atoms with Crippen molar-refractivity contribution in [3.05, 3.63) is 35.9 Å². The lowest BCUT2D eigenvalue weighted by Gasteiger charge is -2.08. The van der Waals surface area contributed by atoms with Crippen LogP contribution < -0.4 is 0 Å². The lowest BCUT2D eigenvalue weighted by molar-refractivity contribution is 0.261. The predicted octanol–water partition coefficient (Wildman–Crippen LogP) is 3.10. The molecule has 1 unspecified atom stereocenters. The van der Waals surface area contributed by atoms with Gasteiger partial charge in [-0.05, 0) is 31.5 Å². The zero-order valence-electron chi connectivity index (χ0n) is 10.6. The second kappa shape index (κ2) is 10.4. The molecule has 1 aromatic carbocycles. The van der Waals surface area contributed by atoms with E-state index in [0.717, 1.165) is 12.8 Å². The molecule has 0 bridgehead atoms. The molecule has 1 atom stereocenters. The summed E-state index contributed by atoms with van der Waals surface area (Å²) in [5.74, 6) is 0. The van der Waals surface area contributed by atoms with Gasteiger partial charge in [-0.2, -0.15) is 0 Å². The van der Waals surface area contributed by atoms with Crippen LogP contribution in [0.2, 0.25) is 0 Å². The first-order valence-electron chi connectivity index (χ1n) is 5.99. The summed E-state index contributed by atoms with van der Waals surface area (Å²) in [6.45, 7) is 6.02. The Hall–Kier alpha value is -1.15. The van der Waals surface area contributed by atoms with E-state index in [-0.39, 0.29) is 12.6 Å². The Morgan fingerprint density at radius 3 is 2.38 bits per heavy atom. The molecule has 16 heavy (non-hydrogen) atoms. The monoisotopic (exact) mass is 221 g/mol. The highest BCUT2D eigenvalue weighted by Crippen LogP contribution is 2.06. The molecule has 1 rings (SSSR count). The van der Waals surface area contributed by atoms with E-state index in [1.807, 2.05) is 39.0 Å². The van der Waals surface area contributed by atoms with Gasteiger partial charge in [0.25, 0.3) is 0 Å². The molecule has 0 fully saturated rings. The molecule has 1 N–H and O–H groups in total. The molecule has 0 amide bonds. The first-order valence-corrected chi connectivity index (χ1v) is 5.99. The summed E-state index contributed by atoms with van der Waals surface area (Å²) in [7, 11) is 0. The van der Waals surface area contributed by atoms with Crippen molar-refractivity contribution in [2.75, 3.05) is 6.61 Å². The number of aliphatic hydroxyl groups is 1. The quantitative estimate of drug-likeness (QED) is 0.761. The maximum atomic E-state index is 9.02. The molecule has 2 heteroatoms. The van der Waals surface area contributed by atoms with E-state index in [2.05, 4.69) is 17.1 Å². The zero-order valence-corrected chi connectivity index (χ0v) is 10.6. The van der Waals surface area contributed by atoms with Gasteiger partial charge in [-0.15, -0.1) is 0 Å². The van der Waals surface area contributed by atoms with E-state index in [1.165, 1.54) is 5.56 Å². The fourth-order valence-electron chi connectivity index (χ4n) is 1.40. The zero-order chi connectivity index (χ0) is 12.2. The van der Waals surface area contributed by atoms with Gasteiger partial charge in [-0.25, -0.2) is 0 Å². The Balaban J connectivity index is 0.00000106. The van der Waals surface area contributed by atoms with Gasteiger partial charge in [-0.1, -0.05) is 44.2 Å². The van der Waals surface area contributed by atoms with Gasteiger partial charge in [0.2, 0.25) is 0 Å². The second-order valence-corrected chi connectivity index (χ2v) is 3.27. The number of rotatable bonds is 5. The number of hydrogen-bond acceptors (Lipinski definition) is 2. The van der Waals surface area contributed by atoms with Crippen LogP contribution in [0.5, 0.6) is 0 Å². The van der Waals surface area contributed by atoms with E-state index < -0.39 is 0 Å². The first kappa shape index (κ1) is 14.8. The maximum absolute atomic E-state index is 9.02. The summed E-state index contributed by atoms with van der Waals surface area (Å²) in [5.41, 5.74) is 1.30. The van der Waals surface area contributed by atoms with Crippen molar-refractivity contribution in [3.63, 3.8) is 0 Å². The first-order chi connectivity index (χ1) is 7.86. The van der Waals surface area contributed by atoms with Crippen LogP contribution in [0.3, 0.4) is 0 Å². The number of benzene rings is 1. The maximum Gasteiger partial charge on any atom is 0.0729 e. The molecular formula is C14H23NO. The van der Waals surface area contributed by atoms with E-state index in [0.29, 0.717) is 0 Å². The lowest BCUT2D eigenvalue weighted by Crippen LogP contribution is -2.11. The number of aliphatic hydroxyl groups excluding tert-OH is 1. The van der Waals surface area contributed by atoms with Gasteiger partial charge in [0.15, 0.2) is 0 Å². The van der Waals surface area contributed by atoms with Crippen LogP contribution in [0.4, 0.5) is 0 Å². The Bertz CT molecular complexity index is 269. The number of aliphatic imine (C=N–C) groups is 1. The normalized spacial score (nSPS) is 12.0. The minimum absolute atomic E-state index is 0.0557. The van der Waals surface area contributed by atoms with Gasteiger partial charge < -0.3 is 5.11 Å². The Kier molecular flexibility index (Phi) is 9.63. The number of nitrogens with zero attached hydrogens (tertiary/aromatic N) is 1. The summed E-state index contributed by atoms with van der Waals surface area (Å²) in [5, 5.41) is 9.02. The van der Waals surface area contributed by atoms with Crippen LogP contribution in [0.1, 0.15) is 32.8 Å². The van der Waals surface area contributed by atoms with Crippen molar-refractivity contribution in [1.29, 1.82) is 0 Å². The van der Waals surface area contributed by atoms with Crippen LogP contribution in [0.15, 0.2) is 35.3 Å². The Morgan fingerprint density at radius 1 is 1.25 bits per heavy atom. The minimum Gasteiger partial charge on any atom is -0.394 e. The van der Waals surface area contributed by atoms with Crippen molar-refractivity contribution in [2.24, 2.45) is 4.99 Å². The molecular weight excluding hydrogens is 198 g/mol. The fraction of sp³-hybridized carbons (Fsp3) is 0.500. The molecule has 0 heterocycles. The molecule has 0 aliphatic carbocycles. The molecule has 0 aliphatic rings. The molecule has 0 radical (unpaired) electrons. The number of aryl methyl sites for hydroxylation is 1. The molecule has 0 spiro atoms. The predicted molar refractivity (Wildman–Crippen MR) is 71.2 cm³/mol. The third kappa shape index (κ3) is 6.36. The standard InChI is InChI=1S/C12H17NO.C2H6/c1-2-13-12(10-14)9-8-11-6-4-3-5-7-11;1-2/h2-7,12,14H,8-10H2,1H3;1-2H3. The number of hydrogen-bond donors (Lipinski definition) is 1. The van der Waals surface area contributed by atoms with Crippen LogP contribution >= 0.6 is 0 Å². The smallest absolute Gasteiger partial charge is 0.0729 e. The summed E-state index contributed by atoms with van der Waals surface area (Å²) in [4.78, 5) is 4.18. The highest BCUT2D eigenvalue weighted by molar-refractivity contribution is 5.53. The summed E-state index contributed by atoms with van der Waals surface area (Å²) >= 11 is 0. The van der Waals surface area contributed by atoms with Crippen molar-refractivity contribution < 1.29 is 5.11 Å². The lowest BCUT2D eigenvalue weighted by atomic mass is 10.1. The largest absolute Gasteiger partial charge is 0.394 e. The SMILES string of the molecule is CC.CC=NC(CO)CCc1ccccc1. The molecule has 2 nitrogen and oxygen atoms in total. The van der Waals surface area contributed by atoms with E-state index >= 15 is 0 Å². The highest BCUT2D eigenvalue weighted by atomic mass is 16.3. The molecule has 0 saturated heterocycles. The van der Waals surface area contributed by atoms with Gasteiger partial charge in [-0.3, -0.25) is 4.99 Å². The van der Waals surface area contributed by atoms with E-state index in [4.69, 9.17) is 5.11 Å². The third-order valence-electron chi connectivity index (χ3n) is 2.18. The van der Waals surface area contributed by atoms with Crippen molar-refractivity contribution in [2.45, 2.75) is 39.7 Å². The van der Waals surface area contributed by atoms with Crippen molar-refractivity contribution in [3.8, 4) is 0 Å². The molecule has 90 valence electrons. The van der Waals surface area contributed by atoms with Gasteiger partial charge in [0.1, 0.15) is 0 Å². The Morgan fingerprint density at radius 2 is 1.88 bits per heavy atom. The van der Waals surface area contributed by atoms with Gasteiger partial charge in [0.05, 0.1) is 12.6 Å². The summed E-state index contributed by atoms with van der Waals surface area (Å²) in [6, 6.07) is 10.3. The molecule has 0 saturated carbocycles. The average Bonchev–Trinajstić information content (AvgIpc) is 2.38. The van der Waals surface area contributed by atoms with Gasteiger partial charge >= 0.3 is 0 Å². The molecule has 1 aromatic rings. The van der Waals surface area contributed by atoms with Crippen molar-refractivity contribution in [1.82, 2.24) is 0 Å². The minimum atomic E-state index is 0.0557. The second-order valence-electron chi connectivity index (χ2n) is 3.27. The fourth-order valence-corrected chi connectivity index (χ4v) is 1.40.